The van der Waals surface area contributed by atoms with Gasteiger partial charge in [0.05, 0.1) is 16.8 Å². The summed E-state index contributed by atoms with van der Waals surface area (Å²) in [6, 6.07) is 8.25. The summed E-state index contributed by atoms with van der Waals surface area (Å²) in [7, 11) is -3.40. The third-order valence-corrected chi connectivity index (χ3v) is 6.14. The van der Waals surface area contributed by atoms with Crippen molar-refractivity contribution in [2.24, 2.45) is 0 Å². The van der Waals surface area contributed by atoms with Crippen molar-refractivity contribution in [3.8, 4) is 0 Å². The van der Waals surface area contributed by atoms with Crippen LogP contribution in [0.5, 0.6) is 0 Å². The second-order valence-electron chi connectivity index (χ2n) is 4.49. The molecule has 2 rings (SSSR count). The topological polar surface area (TPSA) is 57.6 Å². The molecule has 1 aromatic carbocycles. The zero-order valence-electron chi connectivity index (χ0n) is 9.87. The Morgan fingerprint density at radius 2 is 2.06 bits per heavy atom. The van der Waals surface area contributed by atoms with Gasteiger partial charge in [0, 0.05) is 35.5 Å². The second-order valence-corrected chi connectivity index (χ2v) is 7.77. The molecule has 1 heterocycles. The standard InChI is InChI=1S/C12H16INO3S/c13-14-8-4-7-11(14)12(15)9-18(16,17)10-5-2-1-3-6-10/h1-3,5-6,11-12,15H,4,7-9H2/t11-,12-/m0/s1. The third kappa shape index (κ3) is 3.23. The molecule has 0 amide bonds. The van der Waals surface area contributed by atoms with Crippen LogP contribution < -0.4 is 0 Å². The second kappa shape index (κ2) is 5.85. The van der Waals surface area contributed by atoms with Gasteiger partial charge >= 0.3 is 0 Å². The highest BCUT2D eigenvalue weighted by atomic mass is 127. The molecule has 1 aliphatic heterocycles. The molecule has 100 valence electrons. The zero-order chi connectivity index (χ0) is 13.2. The Morgan fingerprint density at radius 3 is 2.61 bits per heavy atom. The highest BCUT2D eigenvalue weighted by Crippen LogP contribution is 2.25. The maximum Gasteiger partial charge on any atom is 0.180 e. The molecule has 0 unspecified atom stereocenters. The number of sulfone groups is 1. The summed E-state index contributed by atoms with van der Waals surface area (Å²) in [5.41, 5.74) is 0. The lowest BCUT2D eigenvalue weighted by Crippen LogP contribution is -2.38. The molecule has 6 heteroatoms. The summed E-state index contributed by atoms with van der Waals surface area (Å²) in [5.74, 6) is -0.207. The zero-order valence-corrected chi connectivity index (χ0v) is 12.8. The molecule has 2 atom stereocenters. The summed E-state index contributed by atoms with van der Waals surface area (Å²) >= 11 is 2.15. The minimum absolute atomic E-state index is 0.0518. The molecular weight excluding hydrogens is 365 g/mol. The largest absolute Gasteiger partial charge is 0.390 e. The van der Waals surface area contributed by atoms with E-state index < -0.39 is 15.9 Å². The van der Waals surface area contributed by atoms with Gasteiger partial charge < -0.3 is 5.11 Å². The summed E-state index contributed by atoms with van der Waals surface area (Å²) in [6.07, 6.45) is 1.04. The normalized spacial score (nSPS) is 23.1. The fourth-order valence-corrected chi connectivity index (χ4v) is 4.62. The van der Waals surface area contributed by atoms with E-state index in [4.69, 9.17) is 0 Å². The van der Waals surface area contributed by atoms with Crippen molar-refractivity contribution in [3.63, 3.8) is 0 Å². The number of aliphatic hydroxyl groups excluding tert-OH is 1. The van der Waals surface area contributed by atoms with E-state index in [1.54, 1.807) is 30.3 Å². The lowest BCUT2D eigenvalue weighted by atomic mass is 10.1. The van der Waals surface area contributed by atoms with Crippen molar-refractivity contribution >= 4 is 32.7 Å². The predicted molar refractivity (Wildman–Crippen MR) is 78.2 cm³/mol. The van der Waals surface area contributed by atoms with Gasteiger partial charge in [-0.05, 0) is 25.0 Å². The molecule has 0 aromatic heterocycles. The molecule has 0 aliphatic carbocycles. The Morgan fingerprint density at radius 1 is 1.39 bits per heavy atom. The minimum atomic E-state index is -3.40. The first-order valence-electron chi connectivity index (χ1n) is 5.89. The molecule has 1 N–H and O–H groups in total. The smallest absolute Gasteiger partial charge is 0.180 e. The fraction of sp³-hybridized carbons (Fsp3) is 0.500. The van der Waals surface area contributed by atoms with Crippen LogP contribution in [-0.2, 0) is 9.84 Å². The molecule has 0 bridgehead atoms. The first kappa shape index (κ1) is 14.2. The number of nitrogens with zero attached hydrogens (tertiary/aromatic N) is 1. The van der Waals surface area contributed by atoms with Crippen molar-refractivity contribution in [2.75, 3.05) is 12.3 Å². The molecule has 0 spiro atoms. The van der Waals surface area contributed by atoms with E-state index in [-0.39, 0.29) is 16.7 Å². The lowest BCUT2D eigenvalue weighted by molar-refractivity contribution is 0.136. The minimum Gasteiger partial charge on any atom is -0.390 e. The van der Waals surface area contributed by atoms with Crippen LogP contribution in [0.25, 0.3) is 0 Å². The van der Waals surface area contributed by atoms with E-state index in [1.807, 2.05) is 3.11 Å². The van der Waals surface area contributed by atoms with Gasteiger partial charge in [-0.3, -0.25) is 0 Å². The number of benzene rings is 1. The molecule has 4 nitrogen and oxygen atoms in total. The van der Waals surface area contributed by atoms with Gasteiger partial charge in [-0.15, -0.1) is 0 Å². The SMILES string of the molecule is O=S(=O)(C[C@H](O)[C@@H]1CCCN1I)c1ccccc1. The lowest BCUT2D eigenvalue weighted by Gasteiger charge is -2.23. The van der Waals surface area contributed by atoms with E-state index >= 15 is 0 Å². The van der Waals surface area contributed by atoms with Crippen LogP contribution in [0.2, 0.25) is 0 Å². The number of rotatable bonds is 4. The van der Waals surface area contributed by atoms with Crippen LogP contribution in [0, 0.1) is 0 Å². The Bertz CT molecular complexity index is 491. The quantitative estimate of drug-likeness (QED) is 0.637. The maximum atomic E-state index is 12.1. The van der Waals surface area contributed by atoms with Crippen molar-refractivity contribution in [1.29, 1.82) is 0 Å². The highest BCUT2D eigenvalue weighted by molar-refractivity contribution is 14.1. The summed E-state index contributed by atoms with van der Waals surface area (Å²) < 4.78 is 26.3. The van der Waals surface area contributed by atoms with Gasteiger partial charge in [-0.2, -0.15) is 0 Å². The molecular formula is C12H16INO3S. The van der Waals surface area contributed by atoms with E-state index in [0.29, 0.717) is 0 Å². The number of hydrogen-bond acceptors (Lipinski definition) is 4. The highest BCUT2D eigenvalue weighted by Gasteiger charge is 2.32. The monoisotopic (exact) mass is 381 g/mol. The molecule has 1 saturated heterocycles. The maximum absolute atomic E-state index is 12.1. The van der Waals surface area contributed by atoms with Crippen LogP contribution in [0.15, 0.2) is 35.2 Å². The Balaban J connectivity index is 2.09. The third-order valence-electron chi connectivity index (χ3n) is 3.17. The van der Waals surface area contributed by atoms with Gasteiger partial charge in [-0.25, -0.2) is 11.5 Å². The number of hydrogen-bond donors (Lipinski definition) is 1. The van der Waals surface area contributed by atoms with Crippen LogP contribution >= 0.6 is 22.9 Å². The summed E-state index contributed by atoms with van der Waals surface area (Å²) in [6.45, 7) is 0.910. The average molecular weight is 381 g/mol. The molecule has 18 heavy (non-hydrogen) atoms. The summed E-state index contributed by atoms with van der Waals surface area (Å²) in [5, 5.41) is 10.1. The van der Waals surface area contributed by atoms with E-state index in [2.05, 4.69) is 22.9 Å². The Hall–Kier alpha value is -0.180. The Kier molecular flexibility index (Phi) is 4.63. The number of aliphatic hydroxyl groups is 1. The van der Waals surface area contributed by atoms with E-state index in [9.17, 15) is 13.5 Å². The van der Waals surface area contributed by atoms with Crippen LogP contribution in [0.3, 0.4) is 0 Å². The van der Waals surface area contributed by atoms with Gasteiger partial charge in [0.15, 0.2) is 9.84 Å². The predicted octanol–water partition coefficient (Wildman–Crippen LogP) is 1.64. The van der Waals surface area contributed by atoms with Crippen molar-refractivity contribution in [1.82, 2.24) is 3.11 Å². The van der Waals surface area contributed by atoms with Crippen molar-refractivity contribution < 1.29 is 13.5 Å². The van der Waals surface area contributed by atoms with Crippen molar-refractivity contribution in [3.05, 3.63) is 30.3 Å². The molecule has 0 radical (unpaired) electrons. The van der Waals surface area contributed by atoms with E-state index in [0.717, 1.165) is 19.4 Å². The molecule has 0 saturated carbocycles. The first-order valence-corrected chi connectivity index (χ1v) is 8.51. The van der Waals surface area contributed by atoms with Gasteiger partial charge in [0.1, 0.15) is 0 Å². The van der Waals surface area contributed by atoms with Gasteiger partial charge in [0.25, 0.3) is 0 Å². The van der Waals surface area contributed by atoms with Crippen LogP contribution in [-0.4, -0.2) is 41.1 Å². The van der Waals surface area contributed by atoms with Gasteiger partial charge in [-0.1, -0.05) is 18.2 Å². The molecule has 1 fully saturated rings. The summed E-state index contributed by atoms with van der Waals surface area (Å²) in [4.78, 5) is 0.280. The Labute approximate surface area is 121 Å². The number of halogens is 1. The molecule has 1 aliphatic rings. The fourth-order valence-electron chi connectivity index (χ4n) is 2.20. The van der Waals surface area contributed by atoms with E-state index in [1.165, 1.54) is 0 Å². The first-order chi connectivity index (χ1) is 8.50. The van der Waals surface area contributed by atoms with Crippen LogP contribution in [0.1, 0.15) is 12.8 Å². The average Bonchev–Trinajstić information content (AvgIpc) is 2.76. The van der Waals surface area contributed by atoms with Gasteiger partial charge in [0.2, 0.25) is 0 Å². The molecule has 1 aromatic rings. The van der Waals surface area contributed by atoms with Crippen molar-refractivity contribution in [2.45, 2.75) is 29.9 Å². The van der Waals surface area contributed by atoms with Crippen LogP contribution in [0.4, 0.5) is 0 Å².